The van der Waals surface area contributed by atoms with Crippen LogP contribution < -0.4 is 10.6 Å². The van der Waals surface area contributed by atoms with Crippen molar-refractivity contribution in [1.82, 2.24) is 20.4 Å². The summed E-state index contributed by atoms with van der Waals surface area (Å²) in [6.45, 7) is 10.6. The molecule has 0 spiro atoms. The molecule has 0 saturated carbocycles. The molecule has 1 aromatic carbocycles. The van der Waals surface area contributed by atoms with Crippen LogP contribution in [0.5, 0.6) is 0 Å². The second-order valence-electron chi connectivity index (χ2n) is 6.62. The van der Waals surface area contributed by atoms with E-state index in [1.807, 2.05) is 13.0 Å². The zero-order valence-electron chi connectivity index (χ0n) is 17.1. The average Bonchev–Trinajstić information content (AvgIpc) is 2.71. The van der Waals surface area contributed by atoms with E-state index in [2.05, 4.69) is 68.8 Å². The summed E-state index contributed by atoms with van der Waals surface area (Å²) in [4.78, 5) is 21.0. The van der Waals surface area contributed by atoms with Crippen LogP contribution in [0.1, 0.15) is 25.8 Å². The largest absolute Gasteiger partial charge is 0.357 e. The molecule has 0 aromatic heterocycles. The van der Waals surface area contributed by atoms with Crippen LogP contribution in [0.25, 0.3) is 6.08 Å². The number of aliphatic imine (C=N–C) groups is 1. The fourth-order valence-electron chi connectivity index (χ4n) is 2.94. The van der Waals surface area contributed by atoms with Crippen LogP contribution in [0, 0.1) is 0 Å². The molecule has 1 saturated heterocycles. The molecule has 156 valence electrons. The van der Waals surface area contributed by atoms with Crippen LogP contribution >= 0.6 is 24.0 Å². The Kier molecular flexibility index (Phi) is 12.6. The summed E-state index contributed by atoms with van der Waals surface area (Å²) in [5, 5.41) is 6.17. The Morgan fingerprint density at radius 1 is 1.11 bits per heavy atom. The number of hydrogen-bond acceptors (Lipinski definition) is 3. The third-order valence-electron chi connectivity index (χ3n) is 4.42. The monoisotopic (exact) mass is 499 g/mol. The van der Waals surface area contributed by atoms with E-state index in [1.54, 1.807) is 0 Å². The van der Waals surface area contributed by atoms with Crippen molar-refractivity contribution in [2.75, 3.05) is 52.4 Å². The first-order valence-corrected chi connectivity index (χ1v) is 9.96. The van der Waals surface area contributed by atoms with Gasteiger partial charge in [-0.05, 0) is 18.9 Å². The van der Waals surface area contributed by atoms with Crippen LogP contribution in [0.15, 0.2) is 41.4 Å². The first-order chi connectivity index (χ1) is 13.2. The Morgan fingerprint density at radius 2 is 1.82 bits per heavy atom. The minimum Gasteiger partial charge on any atom is -0.357 e. The van der Waals surface area contributed by atoms with Gasteiger partial charge in [0.2, 0.25) is 5.91 Å². The van der Waals surface area contributed by atoms with Gasteiger partial charge in [-0.2, -0.15) is 0 Å². The van der Waals surface area contributed by atoms with Crippen molar-refractivity contribution in [3.05, 3.63) is 42.0 Å². The maximum Gasteiger partial charge on any atom is 0.241 e. The molecule has 0 radical (unpaired) electrons. The fourth-order valence-corrected chi connectivity index (χ4v) is 2.94. The number of hydrogen-bond donors (Lipinski definition) is 2. The second kappa shape index (κ2) is 14.4. The highest BCUT2D eigenvalue weighted by Gasteiger charge is 2.18. The molecule has 28 heavy (non-hydrogen) atoms. The Balaban J connectivity index is 0.00000392. The Morgan fingerprint density at radius 3 is 2.46 bits per heavy atom. The zero-order valence-corrected chi connectivity index (χ0v) is 19.4. The minimum absolute atomic E-state index is 0. The third-order valence-corrected chi connectivity index (χ3v) is 4.42. The molecule has 0 aliphatic carbocycles. The van der Waals surface area contributed by atoms with Gasteiger partial charge in [0, 0.05) is 45.8 Å². The minimum atomic E-state index is -0.0167. The summed E-state index contributed by atoms with van der Waals surface area (Å²) in [5.41, 5.74) is 1.24. The lowest BCUT2D eigenvalue weighted by molar-refractivity contribution is -0.119. The number of amides is 1. The molecular weight excluding hydrogens is 465 g/mol. The van der Waals surface area contributed by atoms with E-state index in [1.165, 1.54) is 5.56 Å². The van der Waals surface area contributed by atoms with Crippen molar-refractivity contribution in [2.24, 2.45) is 4.99 Å². The van der Waals surface area contributed by atoms with Gasteiger partial charge in [0.05, 0.1) is 0 Å². The van der Waals surface area contributed by atoms with Gasteiger partial charge in [-0.3, -0.25) is 9.69 Å². The lowest BCUT2D eigenvalue weighted by atomic mass is 10.2. The van der Waals surface area contributed by atoms with Crippen molar-refractivity contribution in [3.63, 3.8) is 0 Å². The van der Waals surface area contributed by atoms with Crippen LogP contribution in [-0.2, 0) is 4.79 Å². The lowest BCUT2D eigenvalue weighted by Crippen LogP contribution is -2.52. The average molecular weight is 499 g/mol. The van der Waals surface area contributed by atoms with E-state index < -0.39 is 0 Å². The normalized spacial score (nSPS) is 15.4. The van der Waals surface area contributed by atoms with Crippen LogP contribution in [-0.4, -0.2) is 74.0 Å². The maximum atomic E-state index is 11.8. The van der Waals surface area contributed by atoms with Crippen LogP contribution in [0.2, 0.25) is 0 Å². The van der Waals surface area contributed by atoms with E-state index in [0.717, 1.165) is 51.6 Å². The SMILES string of the molecule is CCCNC(=O)CN=C(NCC)N1CCN(C/C=C/c2ccccc2)CC1.I. The quantitative estimate of drug-likeness (QED) is 0.328. The Hall–Kier alpha value is -1.61. The number of halogens is 1. The number of benzene rings is 1. The summed E-state index contributed by atoms with van der Waals surface area (Å²) < 4.78 is 0. The fraction of sp³-hybridized carbons (Fsp3) is 0.524. The maximum absolute atomic E-state index is 11.8. The molecule has 0 atom stereocenters. The molecule has 1 amide bonds. The topological polar surface area (TPSA) is 60.0 Å². The zero-order chi connectivity index (χ0) is 19.3. The van der Waals surface area contributed by atoms with Crippen LogP contribution in [0.4, 0.5) is 0 Å². The predicted octanol–water partition coefficient (Wildman–Crippen LogP) is 2.43. The highest BCUT2D eigenvalue weighted by atomic mass is 127. The van der Waals surface area contributed by atoms with Crippen molar-refractivity contribution in [1.29, 1.82) is 0 Å². The molecule has 1 aliphatic rings. The van der Waals surface area contributed by atoms with E-state index >= 15 is 0 Å². The molecule has 1 aliphatic heterocycles. The van der Waals surface area contributed by atoms with Gasteiger partial charge in [0.15, 0.2) is 5.96 Å². The number of piperazine rings is 1. The molecule has 7 heteroatoms. The third kappa shape index (κ3) is 9.05. The van der Waals surface area contributed by atoms with Crippen molar-refractivity contribution in [3.8, 4) is 0 Å². The van der Waals surface area contributed by atoms with Gasteiger partial charge >= 0.3 is 0 Å². The van der Waals surface area contributed by atoms with E-state index in [4.69, 9.17) is 0 Å². The number of rotatable bonds is 8. The van der Waals surface area contributed by atoms with E-state index in [9.17, 15) is 4.79 Å². The second-order valence-corrected chi connectivity index (χ2v) is 6.62. The predicted molar refractivity (Wildman–Crippen MR) is 128 cm³/mol. The summed E-state index contributed by atoms with van der Waals surface area (Å²) >= 11 is 0. The molecule has 6 nitrogen and oxygen atoms in total. The van der Waals surface area contributed by atoms with Crippen molar-refractivity contribution >= 4 is 41.9 Å². The Bertz CT molecular complexity index is 612. The smallest absolute Gasteiger partial charge is 0.241 e. The molecular formula is C21H34IN5O. The van der Waals surface area contributed by atoms with E-state index in [-0.39, 0.29) is 36.4 Å². The first kappa shape index (κ1) is 24.4. The molecule has 2 rings (SSSR count). The molecule has 0 bridgehead atoms. The number of nitrogens with zero attached hydrogens (tertiary/aromatic N) is 3. The van der Waals surface area contributed by atoms with Crippen LogP contribution in [0.3, 0.4) is 0 Å². The molecule has 0 unspecified atom stereocenters. The van der Waals surface area contributed by atoms with Gasteiger partial charge in [-0.15, -0.1) is 24.0 Å². The summed E-state index contributed by atoms with van der Waals surface area (Å²) in [6.07, 6.45) is 5.34. The van der Waals surface area contributed by atoms with Gasteiger partial charge < -0.3 is 15.5 Å². The Labute approximate surface area is 186 Å². The van der Waals surface area contributed by atoms with Crippen molar-refractivity contribution < 1.29 is 4.79 Å². The summed E-state index contributed by atoms with van der Waals surface area (Å²) in [5.74, 6) is 0.820. The summed E-state index contributed by atoms with van der Waals surface area (Å²) in [6, 6.07) is 10.4. The number of guanidine groups is 1. The van der Waals surface area contributed by atoms with Gasteiger partial charge in [-0.25, -0.2) is 4.99 Å². The molecule has 2 N–H and O–H groups in total. The standard InChI is InChI=1S/C21H33N5O.HI/c1-3-12-23-20(27)18-24-21(22-4-2)26-16-14-25(15-17-26)13-8-11-19-9-6-5-7-10-19;/h5-11H,3-4,12-18H2,1-2H3,(H,22,24)(H,23,27);1H/b11-8+;. The van der Waals surface area contributed by atoms with Crippen molar-refractivity contribution in [2.45, 2.75) is 20.3 Å². The number of nitrogens with one attached hydrogen (secondary N) is 2. The first-order valence-electron chi connectivity index (χ1n) is 9.96. The van der Waals surface area contributed by atoms with Gasteiger partial charge in [0.1, 0.15) is 6.54 Å². The number of carbonyl (C=O) groups excluding carboxylic acids is 1. The van der Waals surface area contributed by atoms with Gasteiger partial charge in [-0.1, -0.05) is 49.4 Å². The molecule has 1 heterocycles. The highest BCUT2D eigenvalue weighted by molar-refractivity contribution is 14.0. The number of carbonyl (C=O) groups is 1. The lowest BCUT2D eigenvalue weighted by Gasteiger charge is -2.36. The summed E-state index contributed by atoms with van der Waals surface area (Å²) in [7, 11) is 0. The molecule has 1 fully saturated rings. The van der Waals surface area contributed by atoms with Gasteiger partial charge in [0.25, 0.3) is 0 Å². The highest BCUT2D eigenvalue weighted by Crippen LogP contribution is 2.05. The van der Waals surface area contributed by atoms with E-state index in [0.29, 0.717) is 6.54 Å². The molecule has 1 aromatic rings.